The first-order chi connectivity index (χ1) is 6.66. The van der Waals surface area contributed by atoms with Crippen molar-refractivity contribution in [2.75, 3.05) is 6.54 Å². The Balaban J connectivity index is 1.74. The van der Waals surface area contributed by atoms with E-state index in [4.69, 9.17) is 4.42 Å². The lowest BCUT2D eigenvalue weighted by atomic mass is 10.3. The van der Waals surface area contributed by atoms with Crippen molar-refractivity contribution >= 4 is 0 Å². The van der Waals surface area contributed by atoms with Gasteiger partial charge in [0, 0.05) is 0 Å². The standard InChI is InChI=1S/C11H18N2O/c1-7-4-10(7)5-12-6-11-13-8(2)9(3)14-11/h7,10,12H,4-6H2,1-3H3. The lowest BCUT2D eigenvalue weighted by molar-refractivity contribution is 0.444. The molecular formula is C11H18N2O. The van der Waals surface area contributed by atoms with Crippen LogP contribution in [0.3, 0.4) is 0 Å². The molecule has 2 atom stereocenters. The maximum absolute atomic E-state index is 5.47. The summed E-state index contributed by atoms with van der Waals surface area (Å²) in [5.74, 6) is 3.54. The van der Waals surface area contributed by atoms with E-state index in [9.17, 15) is 0 Å². The molecule has 0 bridgehead atoms. The van der Waals surface area contributed by atoms with E-state index in [1.165, 1.54) is 6.42 Å². The van der Waals surface area contributed by atoms with E-state index in [0.29, 0.717) is 0 Å². The highest BCUT2D eigenvalue weighted by Crippen LogP contribution is 2.36. The maximum Gasteiger partial charge on any atom is 0.208 e. The van der Waals surface area contributed by atoms with Crippen LogP contribution in [0.4, 0.5) is 0 Å². The summed E-state index contributed by atoms with van der Waals surface area (Å²) in [4.78, 5) is 4.32. The Kier molecular flexibility index (Phi) is 2.59. The SMILES string of the molecule is Cc1nc(CNCC2CC2C)oc1C. The lowest BCUT2D eigenvalue weighted by Crippen LogP contribution is -2.16. The lowest BCUT2D eigenvalue weighted by Gasteiger charge is -1.99. The molecule has 0 saturated heterocycles. The zero-order valence-electron chi connectivity index (χ0n) is 9.13. The van der Waals surface area contributed by atoms with Crippen molar-refractivity contribution < 1.29 is 4.42 Å². The van der Waals surface area contributed by atoms with Gasteiger partial charge in [0.1, 0.15) is 5.76 Å². The minimum atomic E-state index is 0.762. The van der Waals surface area contributed by atoms with E-state index in [-0.39, 0.29) is 0 Å². The van der Waals surface area contributed by atoms with Gasteiger partial charge in [-0.25, -0.2) is 4.98 Å². The van der Waals surface area contributed by atoms with E-state index in [2.05, 4.69) is 17.2 Å². The van der Waals surface area contributed by atoms with E-state index in [1.807, 2.05) is 13.8 Å². The second-order valence-corrected chi connectivity index (χ2v) is 4.35. The quantitative estimate of drug-likeness (QED) is 0.797. The zero-order valence-corrected chi connectivity index (χ0v) is 9.13. The molecule has 0 spiro atoms. The molecule has 1 fully saturated rings. The number of rotatable bonds is 4. The van der Waals surface area contributed by atoms with Crippen molar-refractivity contribution in [3.05, 3.63) is 17.3 Å². The van der Waals surface area contributed by atoms with Gasteiger partial charge in [-0.05, 0) is 38.6 Å². The molecule has 2 unspecified atom stereocenters. The van der Waals surface area contributed by atoms with Crippen LogP contribution in [-0.2, 0) is 6.54 Å². The highest BCUT2D eigenvalue weighted by atomic mass is 16.4. The third-order valence-electron chi connectivity index (χ3n) is 3.03. The summed E-state index contributed by atoms with van der Waals surface area (Å²) in [5.41, 5.74) is 1.00. The van der Waals surface area contributed by atoms with Gasteiger partial charge in [0.15, 0.2) is 0 Å². The minimum absolute atomic E-state index is 0.762. The van der Waals surface area contributed by atoms with Crippen molar-refractivity contribution in [2.45, 2.75) is 33.7 Å². The summed E-state index contributed by atoms with van der Waals surface area (Å²) in [6, 6.07) is 0. The topological polar surface area (TPSA) is 38.1 Å². The molecule has 0 radical (unpaired) electrons. The van der Waals surface area contributed by atoms with Crippen molar-refractivity contribution in [3.8, 4) is 0 Å². The summed E-state index contributed by atoms with van der Waals surface area (Å²) < 4.78 is 5.47. The number of oxazole rings is 1. The summed E-state index contributed by atoms with van der Waals surface area (Å²) in [6.07, 6.45) is 1.37. The van der Waals surface area contributed by atoms with Crippen LogP contribution in [-0.4, -0.2) is 11.5 Å². The number of nitrogens with zero attached hydrogens (tertiary/aromatic N) is 1. The van der Waals surface area contributed by atoms with Crippen molar-refractivity contribution in [1.29, 1.82) is 0 Å². The number of hydrogen-bond acceptors (Lipinski definition) is 3. The number of nitrogens with one attached hydrogen (secondary N) is 1. The van der Waals surface area contributed by atoms with Gasteiger partial charge < -0.3 is 9.73 Å². The average molecular weight is 194 g/mol. The molecular weight excluding hydrogens is 176 g/mol. The van der Waals surface area contributed by atoms with Gasteiger partial charge >= 0.3 is 0 Å². The Morgan fingerprint density at radius 3 is 2.71 bits per heavy atom. The second kappa shape index (κ2) is 3.73. The van der Waals surface area contributed by atoms with Crippen molar-refractivity contribution in [2.24, 2.45) is 11.8 Å². The molecule has 1 saturated carbocycles. The summed E-state index contributed by atoms with van der Waals surface area (Å²) >= 11 is 0. The van der Waals surface area contributed by atoms with Crippen LogP contribution in [0.5, 0.6) is 0 Å². The van der Waals surface area contributed by atoms with Gasteiger partial charge in [-0.1, -0.05) is 6.92 Å². The molecule has 3 heteroatoms. The van der Waals surface area contributed by atoms with E-state index >= 15 is 0 Å². The van der Waals surface area contributed by atoms with Gasteiger partial charge in [0.05, 0.1) is 12.2 Å². The van der Waals surface area contributed by atoms with E-state index < -0.39 is 0 Å². The molecule has 0 aliphatic heterocycles. The molecule has 1 N–H and O–H groups in total. The van der Waals surface area contributed by atoms with Crippen LogP contribution >= 0.6 is 0 Å². The van der Waals surface area contributed by atoms with Crippen molar-refractivity contribution in [1.82, 2.24) is 10.3 Å². The van der Waals surface area contributed by atoms with Crippen LogP contribution in [0.15, 0.2) is 4.42 Å². The fourth-order valence-corrected chi connectivity index (χ4v) is 1.66. The molecule has 1 aromatic rings. The molecule has 1 aromatic heterocycles. The van der Waals surface area contributed by atoms with Crippen LogP contribution in [0, 0.1) is 25.7 Å². The van der Waals surface area contributed by atoms with Crippen LogP contribution in [0.1, 0.15) is 30.7 Å². The summed E-state index contributed by atoms with van der Waals surface area (Å²) in [5, 5.41) is 3.38. The van der Waals surface area contributed by atoms with Crippen molar-refractivity contribution in [3.63, 3.8) is 0 Å². The molecule has 14 heavy (non-hydrogen) atoms. The molecule has 2 rings (SSSR count). The van der Waals surface area contributed by atoms with Crippen LogP contribution < -0.4 is 5.32 Å². The maximum atomic E-state index is 5.47. The highest BCUT2D eigenvalue weighted by Gasteiger charge is 2.31. The second-order valence-electron chi connectivity index (χ2n) is 4.35. The smallest absolute Gasteiger partial charge is 0.208 e. The Hall–Kier alpha value is -0.830. The predicted molar refractivity (Wildman–Crippen MR) is 55.0 cm³/mol. The third kappa shape index (κ3) is 2.15. The average Bonchev–Trinajstić information content (AvgIpc) is 2.71. The first-order valence-electron chi connectivity index (χ1n) is 5.30. The van der Waals surface area contributed by atoms with Gasteiger partial charge in [0.2, 0.25) is 5.89 Å². The van der Waals surface area contributed by atoms with E-state index in [0.717, 1.165) is 42.3 Å². The molecule has 0 amide bonds. The Bertz CT molecular complexity index is 300. The first-order valence-corrected chi connectivity index (χ1v) is 5.30. The Morgan fingerprint density at radius 1 is 1.50 bits per heavy atom. The van der Waals surface area contributed by atoms with Crippen LogP contribution in [0.25, 0.3) is 0 Å². The first kappa shape index (κ1) is 9.71. The molecule has 1 heterocycles. The van der Waals surface area contributed by atoms with Gasteiger partial charge in [-0.3, -0.25) is 0 Å². The molecule has 1 aliphatic carbocycles. The van der Waals surface area contributed by atoms with Gasteiger partial charge in [-0.2, -0.15) is 0 Å². The van der Waals surface area contributed by atoms with E-state index in [1.54, 1.807) is 0 Å². The number of aryl methyl sites for hydroxylation is 2. The fraction of sp³-hybridized carbons (Fsp3) is 0.727. The highest BCUT2D eigenvalue weighted by molar-refractivity contribution is 5.05. The van der Waals surface area contributed by atoms with Crippen LogP contribution in [0.2, 0.25) is 0 Å². The molecule has 0 aromatic carbocycles. The minimum Gasteiger partial charge on any atom is -0.444 e. The summed E-state index contributed by atoms with van der Waals surface area (Å²) in [6.45, 7) is 8.09. The number of hydrogen-bond donors (Lipinski definition) is 1. The third-order valence-corrected chi connectivity index (χ3v) is 3.03. The predicted octanol–water partition coefficient (Wildman–Crippen LogP) is 2.04. The molecule has 3 nitrogen and oxygen atoms in total. The monoisotopic (exact) mass is 194 g/mol. The largest absolute Gasteiger partial charge is 0.444 e. The Labute approximate surface area is 84.9 Å². The fourth-order valence-electron chi connectivity index (χ4n) is 1.66. The Morgan fingerprint density at radius 2 is 2.21 bits per heavy atom. The molecule has 78 valence electrons. The van der Waals surface area contributed by atoms with Gasteiger partial charge in [-0.15, -0.1) is 0 Å². The van der Waals surface area contributed by atoms with Gasteiger partial charge in [0.25, 0.3) is 0 Å². The summed E-state index contributed by atoms with van der Waals surface area (Å²) in [7, 11) is 0. The zero-order chi connectivity index (χ0) is 10.1. The normalized spacial score (nSPS) is 25.4. The number of aromatic nitrogens is 1. The molecule has 1 aliphatic rings.